The smallest absolute Gasteiger partial charge is 0.244 e. The summed E-state index contributed by atoms with van der Waals surface area (Å²) in [5.41, 5.74) is 3.58. The Balaban J connectivity index is 1.78. The number of amides is 2. The highest BCUT2D eigenvalue weighted by atomic mass is 32.1. The van der Waals surface area contributed by atoms with Crippen LogP contribution in [0.4, 0.5) is 10.8 Å². The van der Waals surface area contributed by atoms with Crippen molar-refractivity contribution in [1.29, 1.82) is 0 Å². The first kappa shape index (κ1) is 13.9. The Morgan fingerprint density at radius 2 is 2.35 bits per heavy atom. The first-order valence-corrected chi connectivity index (χ1v) is 7.96. The molecule has 0 fully saturated rings. The standard InChI is InChI=1S/C15H12N4O3S/c1-2-19-10-5-8-3-4-22-11(8)6-9(10)12(14(19)21)13(20)17-15-18-16-7-23-15/h3-7,12H,2H2,1H3,(H,17,18,20). The number of nitrogens with one attached hydrogen (secondary N) is 1. The highest BCUT2D eigenvalue weighted by Gasteiger charge is 2.42. The lowest BCUT2D eigenvalue weighted by Gasteiger charge is -2.14. The van der Waals surface area contributed by atoms with Crippen LogP contribution in [0.25, 0.3) is 11.0 Å². The van der Waals surface area contributed by atoms with Gasteiger partial charge in [0, 0.05) is 23.2 Å². The first-order valence-electron chi connectivity index (χ1n) is 7.08. The molecule has 0 aliphatic carbocycles. The minimum atomic E-state index is -0.900. The number of hydrogen-bond donors (Lipinski definition) is 1. The number of nitrogens with zero attached hydrogens (tertiary/aromatic N) is 3. The summed E-state index contributed by atoms with van der Waals surface area (Å²) in [4.78, 5) is 26.9. The second-order valence-electron chi connectivity index (χ2n) is 5.12. The predicted octanol–water partition coefficient (Wildman–Crippen LogP) is 2.37. The van der Waals surface area contributed by atoms with E-state index in [4.69, 9.17) is 4.42 Å². The maximum atomic E-state index is 12.7. The fourth-order valence-corrected chi connectivity index (χ4v) is 3.32. The van der Waals surface area contributed by atoms with Crippen molar-refractivity contribution in [1.82, 2.24) is 10.2 Å². The highest BCUT2D eigenvalue weighted by Crippen LogP contribution is 2.40. The Morgan fingerprint density at radius 3 is 3.09 bits per heavy atom. The van der Waals surface area contributed by atoms with Gasteiger partial charge in [-0.3, -0.25) is 14.9 Å². The molecule has 1 aliphatic rings. The summed E-state index contributed by atoms with van der Waals surface area (Å²) in [7, 11) is 0. The molecule has 0 radical (unpaired) electrons. The molecule has 2 aromatic heterocycles. The van der Waals surface area contributed by atoms with Gasteiger partial charge < -0.3 is 9.32 Å². The Hall–Kier alpha value is -2.74. The number of carbonyl (C=O) groups excluding carboxylic acids is 2. The zero-order valence-corrected chi connectivity index (χ0v) is 13.0. The van der Waals surface area contributed by atoms with Gasteiger partial charge in [0.1, 0.15) is 17.0 Å². The predicted molar refractivity (Wildman–Crippen MR) is 85.5 cm³/mol. The average Bonchev–Trinajstić information content (AvgIpc) is 3.23. The summed E-state index contributed by atoms with van der Waals surface area (Å²) < 4.78 is 5.40. The molecule has 2 amide bonds. The Bertz CT molecular complexity index is 903. The quantitative estimate of drug-likeness (QED) is 0.746. The van der Waals surface area contributed by atoms with Crippen LogP contribution < -0.4 is 10.2 Å². The van der Waals surface area contributed by atoms with Crippen molar-refractivity contribution in [3.05, 3.63) is 35.5 Å². The number of aromatic nitrogens is 2. The third-order valence-corrected chi connectivity index (χ3v) is 4.49. The molecule has 3 aromatic rings. The molecule has 0 saturated carbocycles. The number of benzene rings is 1. The fraction of sp³-hybridized carbons (Fsp3) is 0.200. The zero-order chi connectivity index (χ0) is 16.0. The minimum Gasteiger partial charge on any atom is -0.464 e. The Morgan fingerprint density at radius 1 is 1.48 bits per heavy atom. The van der Waals surface area contributed by atoms with E-state index in [0.29, 0.717) is 22.8 Å². The molecule has 8 heteroatoms. The van der Waals surface area contributed by atoms with Crippen LogP contribution in [0, 0.1) is 0 Å². The van der Waals surface area contributed by atoms with E-state index in [2.05, 4.69) is 15.5 Å². The van der Waals surface area contributed by atoms with Gasteiger partial charge in [-0.25, -0.2) is 0 Å². The lowest BCUT2D eigenvalue weighted by atomic mass is 9.99. The lowest BCUT2D eigenvalue weighted by Crippen LogP contribution is -2.33. The van der Waals surface area contributed by atoms with Crippen LogP contribution >= 0.6 is 11.3 Å². The van der Waals surface area contributed by atoms with Crippen molar-refractivity contribution in [2.24, 2.45) is 0 Å². The van der Waals surface area contributed by atoms with E-state index >= 15 is 0 Å². The third kappa shape index (κ3) is 2.10. The number of carbonyl (C=O) groups is 2. The largest absolute Gasteiger partial charge is 0.464 e. The number of fused-ring (bicyclic) bond motifs is 2. The monoisotopic (exact) mass is 328 g/mol. The maximum Gasteiger partial charge on any atom is 0.244 e. The van der Waals surface area contributed by atoms with Gasteiger partial charge in [0.25, 0.3) is 0 Å². The van der Waals surface area contributed by atoms with Gasteiger partial charge in [-0.2, -0.15) is 0 Å². The van der Waals surface area contributed by atoms with Crippen molar-refractivity contribution in [3.8, 4) is 0 Å². The Labute approximate surface area is 134 Å². The van der Waals surface area contributed by atoms with E-state index in [1.807, 2.05) is 19.1 Å². The molecule has 116 valence electrons. The number of rotatable bonds is 3. The zero-order valence-electron chi connectivity index (χ0n) is 12.1. The van der Waals surface area contributed by atoms with Gasteiger partial charge in [0.15, 0.2) is 0 Å². The lowest BCUT2D eigenvalue weighted by molar-refractivity contribution is -0.126. The fourth-order valence-electron chi connectivity index (χ4n) is 2.87. The van der Waals surface area contributed by atoms with E-state index < -0.39 is 11.8 Å². The van der Waals surface area contributed by atoms with Crippen LogP contribution in [0.2, 0.25) is 0 Å². The van der Waals surface area contributed by atoms with Crippen LogP contribution in [0.3, 0.4) is 0 Å². The van der Waals surface area contributed by atoms with Gasteiger partial charge >= 0.3 is 0 Å². The number of likely N-dealkylation sites (N-methyl/N-ethyl adjacent to an activating group) is 1. The number of furan rings is 1. The van der Waals surface area contributed by atoms with E-state index in [1.54, 1.807) is 17.2 Å². The van der Waals surface area contributed by atoms with Gasteiger partial charge in [-0.1, -0.05) is 11.3 Å². The van der Waals surface area contributed by atoms with E-state index in [1.165, 1.54) is 16.8 Å². The van der Waals surface area contributed by atoms with Gasteiger partial charge in [0.2, 0.25) is 16.9 Å². The van der Waals surface area contributed by atoms with Crippen LogP contribution in [0.5, 0.6) is 0 Å². The minimum absolute atomic E-state index is 0.239. The summed E-state index contributed by atoms with van der Waals surface area (Å²) >= 11 is 1.21. The molecule has 4 rings (SSSR count). The molecule has 1 aliphatic heterocycles. The molecule has 0 saturated heterocycles. The second-order valence-corrected chi connectivity index (χ2v) is 5.95. The van der Waals surface area contributed by atoms with E-state index in [0.717, 1.165) is 11.1 Å². The van der Waals surface area contributed by atoms with Crippen molar-refractivity contribution in [2.75, 3.05) is 16.8 Å². The molecule has 1 aromatic carbocycles. The van der Waals surface area contributed by atoms with E-state index in [-0.39, 0.29) is 5.91 Å². The summed E-state index contributed by atoms with van der Waals surface area (Å²) in [5.74, 6) is -1.55. The molecular formula is C15H12N4O3S. The van der Waals surface area contributed by atoms with Crippen LogP contribution in [-0.4, -0.2) is 28.6 Å². The number of anilines is 2. The highest BCUT2D eigenvalue weighted by molar-refractivity contribution is 7.13. The van der Waals surface area contributed by atoms with Crippen molar-refractivity contribution in [2.45, 2.75) is 12.8 Å². The molecule has 3 heterocycles. The summed E-state index contributed by atoms with van der Waals surface area (Å²) in [6.07, 6.45) is 1.59. The topological polar surface area (TPSA) is 88.3 Å². The van der Waals surface area contributed by atoms with Crippen LogP contribution in [-0.2, 0) is 9.59 Å². The molecular weight excluding hydrogens is 316 g/mol. The molecule has 0 bridgehead atoms. The molecule has 0 spiro atoms. The molecule has 1 atom stereocenters. The van der Waals surface area contributed by atoms with Crippen molar-refractivity contribution < 1.29 is 14.0 Å². The van der Waals surface area contributed by atoms with Crippen molar-refractivity contribution in [3.63, 3.8) is 0 Å². The summed E-state index contributed by atoms with van der Waals surface area (Å²) in [6, 6.07) is 5.49. The molecule has 1 unspecified atom stereocenters. The molecule has 7 nitrogen and oxygen atoms in total. The normalized spacial score (nSPS) is 16.8. The summed E-state index contributed by atoms with van der Waals surface area (Å²) in [6.45, 7) is 2.38. The Kier molecular flexibility index (Phi) is 3.12. The SMILES string of the molecule is CCN1C(=O)C(C(=O)Nc2nncs2)c2cc3occc3cc21. The third-order valence-electron chi connectivity index (χ3n) is 3.89. The van der Waals surface area contributed by atoms with E-state index in [9.17, 15) is 9.59 Å². The van der Waals surface area contributed by atoms with Crippen LogP contribution in [0.1, 0.15) is 18.4 Å². The van der Waals surface area contributed by atoms with Crippen LogP contribution in [0.15, 0.2) is 34.4 Å². The second kappa shape index (κ2) is 5.17. The van der Waals surface area contributed by atoms with Gasteiger partial charge in [-0.05, 0) is 25.1 Å². The number of hydrogen-bond acceptors (Lipinski definition) is 6. The molecule has 23 heavy (non-hydrogen) atoms. The molecule has 1 N–H and O–H groups in total. The van der Waals surface area contributed by atoms with Crippen molar-refractivity contribution >= 4 is 44.9 Å². The van der Waals surface area contributed by atoms with Gasteiger partial charge in [-0.15, -0.1) is 10.2 Å². The summed E-state index contributed by atoms with van der Waals surface area (Å²) in [5, 5.41) is 11.4. The van der Waals surface area contributed by atoms with Gasteiger partial charge in [0.05, 0.1) is 6.26 Å². The maximum absolute atomic E-state index is 12.7. The first-order chi connectivity index (χ1) is 11.2. The average molecular weight is 328 g/mol.